The quantitative estimate of drug-likeness (QED) is 0.735. The van der Waals surface area contributed by atoms with E-state index in [1.165, 1.54) is 32.1 Å². The Labute approximate surface area is 85.9 Å². The first-order chi connectivity index (χ1) is 6.74. The maximum atomic E-state index is 5.81. The highest BCUT2D eigenvalue weighted by Gasteiger charge is 2.41. The van der Waals surface area contributed by atoms with Gasteiger partial charge in [0, 0.05) is 12.0 Å². The second-order valence-corrected chi connectivity index (χ2v) is 4.87. The third-order valence-corrected chi connectivity index (χ3v) is 3.58. The normalized spacial score (nSPS) is 37.3. The van der Waals surface area contributed by atoms with Gasteiger partial charge in [0.1, 0.15) is 0 Å². The van der Waals surface area contributed by atoms with Crippen LogP contribution in [-0.4, -0.2) is 25.5 Å². The zero-order valence-electron chi connectivity index (χ0n) is 9.00. The van der Waals surface area contributed by atoms with Crippen LogP contribution < -0.4 is 5.73 Å². The molecule has 2 atom stereocenters. The summed E-state index contributed by atoms with van der Waals surface area (Å²) in [5, 5.41) is 0. The fraction of sp³-hybridized carbons (Fsp3) is 1.00. The molecule has 2 unspecified atom stereocenters. The van der Waals surface area contributed by atoms with Crippen LogP contribution in [0.5, 0.6) is 0 Å². The molecule has 82 valence electrons. The Morgan fingerprint density at radius 1 is 1.29 bits per heavy atom. The summed E-state index contributed by atoms with van der Waals surface area (Å²) in [7, 11) is 0. The molecule has 1 saturated heterocycles. The Bertz CT molecular complexity index is 190. The van der Waals surface area contributed by atoms with Gasteiger partial charge in [0.25, 0.3) is 0 Å². The molecule has 3 heteroatoms. The van der Waals surface area contributed by atoms with Crippen molar-refractivity contribution in [2.75, 3.05) is 13.2 Å². The fourth-order valence-electron chi connectivity index (χ4n) is 2.53. The van der Waals surface area contributed by atoms with E-state index in [-0.39, 0.29) is 17.8 Å². The molecule has 1 heterocycles. The van der Waals surface area contributed by atoms with E-state index in [0.717, 1.165) is 0 Å². The van der Waals surface area contributed by atoms with Gasteiger partial charge in [-0.25, -0.2) is 0 Å². The maximum absolute atomic E-state index is 5.81. The standard InChI is InChI=1S/C11H21NO2/c1-11(5-3-2-4-6-11)10-13-8-9(7-12)14-10/h9-10H,2-8,12H2,1H3. The van der Waals surface area contributed by atoms with Crippen LogP contribution in [-0.2, 0) is 9.47 Å². The van der Waals surface area contributed by atoms with E-state index in [9.17, 15) is 0 Å². The lowest BCUT2D eigenvalue weighted by Crippen LogP contribution is -2.36. The molecule has 2 rings (SSSR count). The summed E-state index contributed by atoms with van der Waals surface area (Å²) >= 11 is 0. The number of hydrogen-bond donors (Lipinski definition) is 1. The van der Waals surface area contributed by atoms with Crippen molar-refractivity contribution in [2.45, 2.75) is 51.4 Å². The van der Waals surface area contributed by atoms with Crippen LogP contribution in [0.25, 0.3) is 0 Å². The third kappa shape index (κ3) is 1.95. The molecular formula is C11H21NO2. The van der Waals surface area contributed by atoms with Crippen LogP contribution in [0.4, 0.5) is 0 Å². The van der Waals surface area contributed by atoms with Crippen LogP contribution in [0.1, 0.15) is 39.0 Å². The smallest absolute Gasteiger partial charge is 0.163 e. The zero-order valence-corrected chi connectivity index (χ0v) is 9.00. The van der Waals surface area contributed by atoms with Gasteiger partial charge >= 0.3 is 0 Å². The van der Waals surface area contributed by atoms with Gasteiger partial charge in [0.2, 0.25) is 0 Å². The molecule has 0 aromatic rings. The van der Waals surface area contributed by atoms with Gasteiger partial charge < -0.3 is 15.2 Å². The zero-order chi connectivity index (χ0) is 10.0. The lowest BCUT2D eigenvalue weighted by molar-refractivity contribution is -0.147. The largest absolute Gasteiger partial charge is 0.349 e. The van der Waals surface area contributed by atoms with E-state index in [1.54, 1.807) is 0 Å². The third-order valence-electron chi connectivity index (χ3n) is 3.58. The molecule has 1 aliphatic heterocycles. The van der Waals surface area contributed by atoms with Gasteiger partial charge in [-0.15, -0.1) is 0 Å². The van der Waals surface area contributed by atoms with Gasteiger partial charge in [-0.05, 0) is 12.8 Å². The van der Waals surface area contributed by atoms with Crippen molar-refractivity contribution >= 4 is 0 Å². The number of rotatable bonds is 2. The molecule has 3 nitrogen and oxygen atoms in total. The lowest BCUT2D eigenvalue weighted by Gasteiger charge is -2.37. The topological polar surface area (TPSA) is 44.5 Å². The average molecular weight is 199 g/mol. The molecule has 0 aromatic carbocycles. The molecule has 2 aliphatic rings. The number of nitrogens with two attached hydrogens (primary N) is 1. The van der Waals surface area contributed by atoms with E-state index < -0.39 is 0 Å². The highest BCUT2D eigenvalue weighted by Crippen LogP contribution is 2.42. The summed E-state index contributed by atoms with van der Waals surface area (Å²) in [6.45, 7) is 3.54. The minimum atomic E-state index is -0.00338. The first-order valence-electron chi connectivity index (χ1n) is 5.72. The van der Waals surface area contributed by atoms with Crippen molar-refractivity contribution in [1.29, 1.82) is 0 Å². The van der Waals surface area contributed by atoms with E-state index in [4.69, 9.17) is 15.2 Å². The summed E-state index contributed by atoms with van der Waals surface area (Å²) in [6.07, 6.45) is 6.57. The van der Waals surface area contributed by atoms with E-state index in [2.05, 4.69) is 6.92 Å². The first kappa shape index (κ1) is 10.4. The Hall–Kier alpha value is -0.120. The summed E-state index contributed by atoms with van der Waals surface area (Å²) in [6, 6.07) is 0. The predicted octanol–water partition coefficient (Wildman–Crippen LogP) is 1.66. The van der Waals surface area contributed by atoms with Crippen LogP contribution in [0.15, 0.2) is 0 Å². The summed E-state index contributed by atoms with van der Waals surface area (Å²) < 4.78 is 11.5. The minimum absolute atomic E-state index is 0.00338. The number of ether oxygens (including phenoxy) is 2. The molecule has 2 N–H and O–H groups in total. The molecule has 0 radical (unpaired) electrons. The first-order valence-corrected chi connectivity index (χ1v) is 5.72. The lowest BCUT2D eigenvalue weighted by atomic mass is 9.75. The predicted molar refractivity (Wildman–Crippen MR) is 54.9 cm³/mol. The van der Waals surface area contributed by atoms with Gasteiger partial charge in [-0.3, -0.25) is 0 Å². The van der Waals surface area contributed by atoms with Crippen LogP contribution >= 0.6 is 0 Å². The van der Waals surface area contributed by atoms with Crippen molar-refractivity contribution in [3.05, 3.63) is 0 Å². The second kappa shape index (κ2) is 4.17. The van der Waals surface area contributed by atoms with Crippen molar-refractivity contribution in [2.24, 2.45) is 11.1 Å². The summed E-state index contributed by atoms with van der Waals surface area (Å²) in [4.78, 5) is 0. The van der Waals surface area contributed by atoms with Crippen LogP contribution in [0.3, 0.4) is 0 Å². The highest BCUT2D eigenvalue weighted by atomic mass is 16.7. The molecule has 0 spiro atoms. The van der Waals surface area contributed by atoms with Gasteiger partial charge in [-0.2, -0.15) is 0 Å². The molecule has 0 bridgehead atoms. The fourth-order valence-corrected chi connectivity index (χ4v) is 2.53. The molecule has 1 saturated carbocycles. The SMILES string of the molecule is CC1(C2OCC(CN)O2)CCCCC1. The van der Waals surface area contributed by atoms with Gasteiger partial charge in [0.15, 0.2) is 6.29 Å². The van der Waals surface area contributed by atoms with Crippen molar-refractivity contribution in [3.63, 3.8) is 0 Å². The van der Waals surface area contributed by atoms with Crippen molar-refractivity contribution in [3.8, 4) is 0 Å². The summed E-state index contributed by atoms with van der Waals surface area (Å²) in [5.74, 6) is 0. The molecule has 14 heavy (non-hydrogen) atoms. The van der Waals surface area contributed by atoms with E-state index in [1.807, 2.05) is 0 Å². The van der Waals surface area contributed by atoms with E-state index >= 15 is 0 Å². The van der Waals surface area contributed by atoms with Crippen molar-refractivity contribution in [1.82, 2.24) is 0 Å². The van der Waals surface area contributed by atoms with E-state index in [0.29, 0.717) is 13.2 Å². The second-order valence-electron chi connectivity index (χ2n) is 4.87. The average Bonchev–Trinajstić information content (AvgIpc) is 2.67. The Morgan fingerprint density at radius 2 is 2.00 bits per heavy atom. The van der Waals surface area contributed by atoms with Gasteiger partial charge in [-0.1, -0.05) is 26.2 Å². The Balaban J connectivity index is 1.93. The van der Waals surface area contributed by atoms with Gasteiger partial charge in [0.05, 0.1) is 12.7 Å². The minimum Gasteiger partial charge on any atom is -0.349 e. The molecule has 2 fully saturated rings. The molecular weight excluding hydrogens is 178 g/mol. The number of hydrogen-bond acceptors (Lipinski definition) is 3. The summed E-state index contributed by atoms with van der Waals surface area (Å²) in [5.41, 5.74) is 5.80. The molecule has 0 amide bonds. The highest BCUT2D eigenvalue weighted by molar-refractivity contribution is 4.85. The Kier molecular flexibility index (Phi) is 3.10. The monoisotopic (exact) mass is 199 g/mol. The van der Waals surface area contributed by atoms with Crippen LogP contribution in [0.2, 0.25) is 0 Å². The molecule has 0 aromatic heterocycles. The maximum Gasteiger partial charge on any atom is 0.163 e. The van der Waals surface area contributed by atoms with Crippen molar-refractivity contribution < 1.29 is 9.47 Å². The molecule has 1 aliphatic carbocycles. The Morgan fingerprint density at radius 3 is 2.57 bits per heavy atom. The van der Waals surface area contributed by atoms with Crippen LogP contribution in [0, 0.1) is 5.41 Å².